The van der Waals surface area contributed by atoms with Crippen molar-refractivity contribution in [1.82, 2.24) is 5.32 Å². The summed E-state index contributed by atoms with van der Waals surface area (Å²) in [4.78, 5) is 15.5. The number of carbonyl (C=O) groups excluding carboxylic acids is 1. The lowest BCUT2D eigenvalue weighted by atomic mass is 9.94. The standard InChI is InChI=1S/C27H38N2O2/c1-5-31-26-18-22(14-13-21(26)4)19-27(30)28-24(17-20(2)3)23-11-7-8-12-25(23)29-15-9-6-10-16-29/h7-8,11-14,18,20,24H,5-6,9-10,15-17,19H2,1-4H3,(H,28,30)/t24-/m0/s1. The van der Waals surface area contributed by atoms with Crippen molar-refractivity contribution in [3.8, 4) is 5.75 Å². The molecule has 2 aromatic carbocycles. The summed E-state index contributed by atoms with van der Waals surface area (Å²) < 4.78 is 5.71. The summed E-state index contributed by atoms with van der Waals surface area (Å²) >= 11 is 0. The first-order valence-corrected chi connectivity index (χ1v) is 11.8. The van der Waals surface area contributed by atoms with Crippen LogP contribution in [-0.2, 0) is 11.2 Å². The Morgan fingerprint density at radius 1 is 1.10 bits per heavy atom. The van der Waals surface area contributed by atoms with E-state index >= 15 is 0 Å². The molecule has 1 aliphatic heterocycles. The normalized spacial score (nSPS) is 15.1. The minimum atomic E-state index is 0.0161. The maximum absolute atomic E-state index is 13.1. The third-order valence-electron chi connectivity index (χ3n) is 5.97. The molecule has 1 N–H and O–H groups in total. The van der Waals surface area contributed by atoms with Crippen LogP contribution in [0.3, 0.4) is 0 Å². The van der Waals surface area contributed by atoms with Gasteiger partial charge < -0.3 is 15.0 Å². The zero-order valence-electron chi connectivity index (χ0n) is 19.6. The molecule has 31 heavy (non-hydrogen) atoms. The van der Waals surface area contributed by atoms with Crippen molar-refractivity contribution in [2.24, 2.45) is 5.92 Å². The molecule has 0 spiro atoms. The number of benzene rings is 2. The zero-order chi connectivity index (χ0) is 22.2. The Morgan fingerprint density at radius 3 is 2.55 bits per heavy atom. The fourth-order valence-electron chi connectivity index (χ4n) is 4.44. The third kappa shape index (κ3) is 6.49. The van der Waals surface area contributed by atoms with Gasteiger partial charge in [-0.3, -0.25) is 4.79 Å². The Morgan fingerprint density at radius 2 is 1.84 bits per heavy atom. The maximum atomic E-state index is 13.1. The van der Waals surface area contributed by atoms with Gasteiger partial charge >= 0.3 is 0 Å². The van der Waals surface area contributed by atoms with Crippen molar-refractivity contribution in [1.29, 1.82) is 0 Å². The zero-order valence-corrected chi connectivity index (χ0v) is 19.6. The Kier molecular flexibility index (Phi) is 8.39. The van der Waals surface area contributed by atoms with E-state index in [9.17, 15) is 4.79 Å². The van der Waals surface area contributed by atoms with Gasteiger partial charge in [0.25, 0.3) is 0 Å². The summed E-state index contributed by atoms with van der Waals surface area (Å²) in [5.74, 6) is 1.41. The van der Waals surface area contributed by atoms with Crippen LogP contribution in [0.1, 0.15) is 69.2 Å². The highest BCUT2D eigenvalue weighted by Crippen LogP contribution is 2.32. The Hall–Kier alpha value is -2.49. The van der Waals surface area contributed by atoms with Crippen LogP contribution in [0.2, 0.25) is 0 Å². The number of hydrogen-bond donors (Lipinski definition) is 1. The first-order chi connectivity index (χ1) is 15.0. The summed E-state index contributed by atoms with van der Waals surface area (Å²) in [6.07, 6.45) is 5.08. The van der Waals surface area contributed by atoms with Crippen molar-refractivity contribution in [2.75, 3.05) is 24.6 Å². The molecule has 2 aromatic rings. The van der Waals surface area contributed by atoms with Crippen molar-refractivity contribution < 1.29 is 9.53 Å². The number of carbonyl (C=O) groups is 1. The van der Waals surface area contributed by atoms with Crippen LogP contribution in [0.4, 0.5) is 5.69 Å². The van der Waals surface area contributed by atoms with E-state index in [1.54, 1.807) is 0 Å². The van der Waals surface area contributed by atoms with Crippen LogP contribution in [0.25, 0.3) is 0 Å². The average molecular weight is 423 g/mol. The number of piperidine rings is 1. The molecule has 1 fully saturated rings. The van der Waals surface area contributed by atoms with E-state index in [2.05, 4.69) is 48.3 Å². The molecule has 1 atom stereocenters. The number of para-hydroxylation sites is 1. The van der Waals surface area contributed by atoms with Crippen molar-refractivity contribution in [3.63, 3.8) is 0 Å². The van der Waals surface area contributed by atoms with Gasteiger partial charge in [-0.15, -0.1) is 0 Å². The second kappa shape index (κ2) is 11.2. The molecule has 4 nitrogen and oxygen atoms in total. The molecule has 168 valence electrons. The number of nitrogens with one attached hydrogen (secondary N) is 1. The van der Waals surface area contributed by atoms with Gasteiger partial charge in [-0.1, -0.05) is 44.2 Å². The number of amides is 1. The molecule has 0 saturated carbocycles. The van der Waals surface area contributed by atoms with Crippen LogP contribution in [0.5, 0.6) is 5.75 Å². The van der Waals surface area contributed by atoms with Gasteiger partial charge in [0.2, 0.25) is 5.91 Å². The molecule has 0 aliphatic carbocycles. The van der Waals surface area contributed by atoms with E-state index in [0.717, 1.165) is 36.4 Å². The first kappa shape index (κ1) is 23.2. The predicted octanol–water partition coefficient (Wildman–Crippen LogP) is 5.83. The monoisotopic (exact) mass is 422 g/mol. The lowest BCUT2D eigenvalue weighted by Gasteiger charge is -2.33. The van der Waals surface area contributed by atoms with Gasteiger partial charge in [-0.25, -0.2) is 0 Å². The van der Waals surface area contributed by atoms with Gasteiger partial charge in [0.15, 0.2) is 0 Å². The minimum absolute atomic E-state index is 0.0161. The molecule has 4 heteroatoms. The van der Waals surface area contributed by atoms with Gasteiger partial charge in [-0.2, -0.15) is 0 Å². The van der Waals surface area contributed by atoms with Crippen LogP contribution >= 0.6 is 0 Å². The summed E-state index contributed by atoms with van der Waals surface area (Å²) in [6, 6.07) is 14.7. The minimum Gasteiger partial charge on any atom is -0.494 e. The number of ether oxygens (including phenoxy) is 1. The molecule has 1 heterocycles. The van der Waals surface area contributed by atoms with E-state index in [-0.39, 0.29) is 11.9 Å². The highest BCUT2D eigenvalue weighted by atomic mass is 16.5. The summed E-state index contributed by atoms with van der Waals surface area (Å²) in [6.45, 7) is 11.3. The van der Waals surface area contributed by atoms with E-state index in [1.807, 2.05) is 32.0 Å². The Bertz CT molecular complexity index is 856. The van der Waals surface area contributed by atoms with Crippen LogP contribution in [0, 0.1) is 12.8 Å². The van der Waals surface area contributed by atoms with Gasteiger partial charge in [0.05, 0.1) is 19.1 Å². The molecule has 0 radical (unpaired) electrons. The second-order valence-corrected chi connectivity index (χ2v) is 9.07. The van der Waals surface area contributed by atoms with Gasteiger partial charge in [-0.05, 0) is 74.3 Å². The molecule has 1 amide bonds. The van der Waals surface area contributed by atoms with E-state index in [0.29, 0.717) is 18.9 Å². The van der Waals surface area contributed by atoms with Crippen molar-refractivity contribution in [2.45, 2.75) is 65.8 Å². The number of hydrogen-bond acceptors (Lipinski definition) is 3. The highest BCUT2D eigenvalue weighted by Gasteiger charge is 2.22. The molecule has 1 saturated heterocycles. The predicted molar refractivity (Wildman–Crippen MR) is 129 cm³/mol. The fourth-order valence-corrected chi connectivity index (χ4v) is 4.44. The molecule has 0 bridgehead atoms. The molecule has 0 unspecified atom stereocenters. The Labute approximate surface area is 188 Å². The number of anilines is 1. The number of rotatable bonds is 9. The molecule has 3 rings (SSSR count). The topological polar surface area (TPSA) is 41.6 Å². The SMILES string of the molecule is CCOc1cc(CC(=O)N[C@@H](CC(C)C)c2ccccc2N2CCCCC2)ccc1C. The smallest absolute Gasteiger partial charge is 0.224 e. The quantitative estimate of drug-likeness (QED) is 0.553. The van der Waals surface area contributed by atoms with Crippen LogP contribution in [-0.4, -0.2) is 25.6 Å². The molecular formula is C27H38N2O2. The van der Waals surface area contributed by atoms with Gasteiger partial charge in [0, 0.05) is 18.8 Å². The summed E-state index contributed by atoms with van der Waals surface area (Å²) in [7, 11) is 0. The molecule has 1 aliphatic rings. The summed E-state index contributed by atoms with van der Waals surface area (Å²) in [5, 5.41) is 3.35. The van der Waals surface area contributed by atoms with E-state index < -0.39 is 0 Å². The summed E-state index contributed by atoms with van der Waals surface area (Å²) in [5.41, 5.74) is 4.60. The fraction of sp³-hybridized carbons (Fsp3) is 0.519. The van der Waals surface area contributed by atoms with Crippen molar-refractivity contribution in [3.05, 3.63) is 59.2 Å². The molecule has 0 aromatic heterocycles. The van der Waals surface area contributed by atoms with E-state index in [4.69, 9.17) is 4.74 Å². The maximum Gasteiger partial charge on any atom is 0.224 e. The van der Waals surface area contributed by atoms with Gasteiger partial charge in [0.1, 0.15) is 5.75 Å². The molecular weight excluding hydrogens is 384 g/mol. The lowest BCUT2D eigenvalue weighted by Crippen LogP contribution is -2.34. The van der Waals surface area contributed by atoms with Crippen LogP contribution < -0.4 is 15.0 Å². The van der Waals surface area contributed by atoms with Crippen molar-refractivity contribution >= 4 is 11.6 Å². The van der Waals surface area contributed by atoms with Crippen LogP contribution in [0.15, 0.2) is 42.5 Å². The first-order valence-electron chi connectivity index (χ1n) is 11.8. The van der Waals surface area contributed by atoms with E-state index in [1.165, 1.54) is 30.5 Å². The lowest BCUT2D eigenvalue weighted by molar-refractivity contribution is -0.121. The third-order valence-corrected chi connectivity index (χ3v) is 5.97. The highest BCUT2D eigenvalue weighted by molar-refractivity contribution is 5.79. The Balaban J connectivity index is 1.78. The largest absolute Gasteiger partial charge is 0.494 e. The number of aryl methyl sites for hydroxylation is 1. The average Bonchev–Trinajstić information content (AvgIpc) is 2.76. The second-order valence-electron chi connectivity index (χ2n) is 9.07. The number of nitrogens with zero attached hydrogens (tertiary/aromatic N) is 1.